The van der Waals surface area contributed by atoms with E-state index in [0.29, 0.717) is 0 Å². The summed E-state index contributed by atoms with van der Waals surface area (Å²) in [7, 11) is 0. The molecule has 5 heteroatoms. The van der Waals surface area contributed by atoms with Gasteiger partial charge in [0.15, 0.2) is 0 Å². The zero-order chi connectivity index (χ0) is 13.1. The van der Waals surface area contributed by atoms with Crippen LogP contribution in [0.4, 0.5) is 5.69 Å². The van der Waals surface area contributed by atoms with E-state index in [9.17, 15) is 10.1 Å². The van der Waals surface area contributed by atoms with Crippen molar-refractivity contribution in [2.24, 2.45) is 0 Å². The number of aryl methyl sites for hydroxylation is 1. The highest BCUT2D eigenvalue weighted by Gasteiger charge is 2.11. The Balaban J connectivity index is 2.07. The molecule has 2 aromatic rings. The first kappa shape index (κ1) is 13.2. The number of benzene rings is 1. The lowest BCUT2D eigenvalue weighted by atomic mass is 10.1. The number of halogens is 1. The highest BCUT2D eigenvalue weighted by Crippen LogP contribution is 2.32. The number of hydrogen-bond acceptors (Lipinski definition) is 3. The maximum absolute atomic E-state index is 10.6. The molecule has 0 aliphatic rings. The summed E-state index contributed by atoms with van der Waals surface area (Å²) in [4.78, 5) is 13.0. The smallest absolute Gasteiger partial charge is 0.258 e. The standard InChI is InChI=1S/C13H12BrNO2S/c1-9-2-7-13(18-9)12(14)8-10-3-5-11(6-4-10)15(16)17/h2-7,12H,8H2,1H3. The average molecular weight is 326 g/mol. The van der Waals surface area contributed by atoms with Gasteiger partial charge in [-0.1, -0.05) is 28.1 Å². The lowest BCUT2D eigenvalue weighted by Gasteiger charge is -2.07. The first-order valence-electron chi connectivity index (χ1n) is 5.50. The molecule has 0 bridgehead atoms. The minimum atomic E-state index is -0.377. The highest BCUT2D eigenvalue weighted by atomic mass is 79.9. The number of thiophene rings is 1. The SMILES string of the molecule is Cc1ccc(C(Br)Cc2ccc([N+](=O)[O-])cc2)s1. The maximum atomic E-state index is 10.6. The molecule has 0 aliphatic carbocycles. The fourth-order valence-electron chi connectivity index (χ4n) is 1.68. The lowest BCUT2D eigenvalue weighted by Crippen LogP contribution is -1.94. The molecule has 18 heavy (non-hydrogen) atoms. The van der Waals surface area contributed by atoms with E-state index in [1.807, 2.05) is 12.1 Å². The second-order valence-corrected chi connectivity index (χ2v) is 6.47. The van der Waals surface area contributed by atoms with Gasteiger partial charge < -0.3 is 0 Å². The fourth-order valence-corrected chi connectivity index (χ4v) is 3.35. The number of rotatable bonds is 4. The second kappa shape index (κ2) is 5.63. The molecule has 0 saturated carbocycles. The minimum Gasteiger partial charge on any atom is -0.258 e. The number of hydrogen-bond donors (Lipinski definition) is 0. The molecule has 1 atom stereocenters. The molecule has 0 fully saturated rings. The van der Waals surface area contributed by atoms with Gasteiger partial charge >= 0.3 is 0 Å². The number of alkyl halides is 1. The van der Waals surface area contributed by atoms with E-state index >= 15 is 0 Å². The Morgan fingerprint density at radius 1 is 1.28 bits per heavy atom. The normalized spacial score (nSPS) is 12.3. The molecule has 1 heterocycles. The second-order valence-electron chi connectivity index (χ2n) is 4.04. The van der Waals surface area contributed by atoms with Crippen LogP contribution in [0.2, 0.25) is 0 Å². The van der Waals surface area contributed by atoms with Gasteiger partial charge in [-0.2, -0.15) is 0 Å². The summed E-state index contributed by atoms with van der Waals surface area (Å²) in [5.41, 5.74) is 1.23. The molecule has 3 nitrogen and oxygen atoms in total. The first-order chi connectivity index (χ1) is 8.56. The van der Waals surface area contributed by atoms with E-state index < -0.39 is 0 Å². The molecule has 94 valence electrons. The van der Waals surface area contributed by atoms with E-state index in [2.05, 4.69) is 35.0 Å². The number of nitro benzene ring substituents is 1. The molecule has 0 radical (unpaired) electrons. The van der Waals surface area contributed by atoms with E-state index in [-0.39, 0.29) is 15.4 Å². The van der Waals surface area contributed by atoms with Crippen molar-refractivity contribution in [3.63, 3.8) is 0 Å². The van der Waals surface area contributed by atoms with Gasteiger partial charge in [-0.3, -0.25) is 10.1 Å². The Bertz CT molecular complexity index is 550. The zero-order valence-electron chi connectivity index (χ0n) is 9.80. The van der Waals surface area contributed by atoms with Gasteiger partial charge in [0.25, 0.3) is 5.69 Å². The Morgan fingerprint density at radius 3 is 2.44 bits per heavy atom. The highest BCUT2D eigenvalue weighted by molar-refractivity contribution is 9.09. The molecule has 0 spiro atoms. The summed E-state index contributed by atoms with van der Waals surface area (Å²) in [6, 6.07) is 10.9. The van der Waals surface area contributed by atoms with Crippen LogP contribution in [0.25, 0.3) is 0 Å². The predicted molar refractivity (Wildman–Crippen MR) is 77.5 cm³/mol. The van der Waals surface area contributed by atoms with Gasteiger partial charge in [-0.15, -0.1) is 11.3 Å². The Morgan fingerprint density at radius 2 is 1.94 bits per heavy atom. The van der Waals surface area contributed by atoms with Crippen molar-refractivity contribution in [1.29, 1.82) is 0 Å². The molecule has 0 amide bonds. The Kier molecular flexibility index (Phi) is 4.14. The summed E-state index contributed by atoms with van der Waals surface area (Å²) in [6.45, 7) is 2.08. The number of nitro groups is 1. The van der Waals surface area contributed by atoms with Crippen molar-refractivity contribution in [1.82, 2.24) is 0 Å². The van der Waals surface area contributed by atoms with Gasteiger partial charge in [-0.25, -0.2) is 0 Å². The first-order valence-corrected chi connectivity index (χ1v) is 7.23. The molecule has 2 rings (SSSR count). The third-order valence-corrected chi connectivity index (χ3v) is 4.87. The molecule has 0 N–H and O–H groups in total. The summed E-state index contributed by atoms with van der Waals surface area (Å²) in [6.07, 6.45) is 0.831. The predicted octanol–water partition coefficient (Wildman–Crippen LogP) is 4.64. The minimum absolute atomic E-state index is 0.136. The van der Waals surface area contributed by atoms with Crippen molar-refractivity contribution in [2.75, 3.05) is 0 Å². The molecule has 1 unspecified atom stereocenters. The summed E-state index contributed by atoms with van der Waals surface area (Å²) < 4.78 is 0. The van der Waals surface area contributed by atoms with E-state index in [4.69, 9.17) is 0 Å². The van der Waals surface area contributed by atoms with E-state index in [1.54, 1.807) is 23.5 Å². The van der Waals surface area contributed by atoms with Crippen LogP contribution in [0.1, 0.15) is 20.1 Å². The van der Waals surface area contributed by atoms with Crippen LogP contribution in [0.15, 0.2) is 36.4 Å². The van der Waals surface area contributed by atoms with Crippen LogP contribution in [-0.4, -0.2) is 4.92 Å². The lowest BCUT2D eigenvalue weighted by molar-refractivity contribution is -0.384. The number of non-ortho nitro benzene ring substituents is 1. The van der Waals surface area contributed by atoms with Crippen LogP contribution in [-0.2, 0) is 6.42 Å². The summed E-state index contributed by atoms with van der Waals surface area (Å²) in [5.74, 6) is 0. The van der Waals surface area contributed by atoms with Gasteiger partial charge in [0.2, 0.25) is 0 Å². The van der Waals surface area contributed by atoms with Crippen LogP contribution in [0.3, 0.4) is 0 Å². The largest absolute Gasteiger partial charge is 0.269 e. The van der Waals surface area contributed by atoms with Crippen LogP contribution >= 0.6 is 27.3 Å². The fraction of sp³-hybridized carbons (Fsp3) is 0.231. The van der Waals surface area contributed by atoms with Gasteiger partial charge in [0, 0.05) is 21.9 Å². The zero-order valence-corrected chi connectivity index (χ0v) is 12.2. The quantitative estimate of drug-likeness (QED) is 0.466. The van der Waals surface area contributed by atoms with Crippen molar-refractivity contribution in [3.05, 3.63) is 61.8 Å². The van der Waals surface area contributed by atoms with Crippen LogP contribution in [0, 0.1) is 17.0 Å². The molecule has 1 aromatic carbocycles. The molecule has 1 aromatic heterocycles. The maximum Gasteiger partial charge on any atom is 0.269 e. The van der Waals surface area contributed by atoms with Crippen molar-refractivity contribution >= 4 is 33.0 Å². The average Bonchev–Trinajstić information content (AvgIpc) is 2.76. The van der Waals surface area contributed by atoms with Crippen molar-refractivity contribution < 1.29 is 4.92 Å². The third kappa shape index (κ3) is 3.17. The van der Waals surface area contributed by atoms with E-state index in [1.165, 1.54) is 9.75 Å². The Labute approximate surface area is 118 Å². The molecular formula is C13H12BrNO2S. The monoisotopic (exact) mass is 325 g/mol. The van der Waals surface area contributed by atoms with Crippen molar-refractivity contribution in [2.45, 2.75) is 18.2 Å². The molecular weight excluding hydrogens is 314 g/mol. The summed E-state index contributed by atoms with van der Waals surface area (Å²) >= 11 is 5.43. The molecule has 0 saturated heterocycles. The number of nitrogens with zero attached hydrogens (tertiary/aromatic N) is 1. The van der Waals surface area contributed by atoms with Gasteiger partial charge in [0.1, 0.15) is 0 Å². The van der Waals surface area contributed by atoms with Gasteiger partial charge in [0.05, 0.1) is 9.75 Å². The van der Waals surface area contributed by atoms with Crippen molar-refractivity contribution in [3.8, 4) is 0 Å². The summed E-state index contributed by atoms with van der Waals surface area (Å²) in [5, 5.41) is 10.6. The van der Waals surface area contributed by atoms with Gasteiger partial charge in [-0.05, 0) is 31.0 Å². The topological polar surface area (TPSA) is 43.1 Å². The van der Waals surface area contributed by atoms with Crippen LogP contribution < -0.4 is 0 Å². The van der Waals surface area contributed by atoms with E-state index in [0.717, 1.165) is 12.0 Å². The Hall–Kier alpha value is -1.20. The van der Waals surface area contributed by atoms with Crippen LogP contribution in [0.5, 0.6) is 0 Å². The molecule has 0 aliphatic heterocycles. The third-order valence-electron chi connectivity index (χ3n) is 2.63.